The lowest BCUT2D eigenvalue weighted by atomic mass is 9.89. The number of hydrogen-bond donors (Lipinski definition) is 2. The molecule has 4 rings (SSSR count). The van der Waals surface area contributed by atoms with Crippen LogP contribution in [0.2, 0.25) is 0 Å². The SMILES string of the molecule is Cc1ccc(-c2ccc(C(C(=O)NO)c3ccccc3)cc2)c2ccccc12. The van der Waals surface area contributed by atoms with Crippen molar-refractivity contribution in [2.24, 2.45) is 0 Å². The lowest BCUT2D eigenvalue weighted by Crippen LogP contribution is -2.27. The summed E-state index contributed by atoms with van der Waals surface area (Å²) in [5, 5.41) is 11.7. The Morgan fingerprint density at radius 2 is 1.36 bits per heavy atom. The lowest BCUT2D eigenvalue weighted by molar-refractivity contribution is -0.129. The fourth-order valence-electron chi connectivity index (χ4n) is 3.76. The molecule has 4 aromatic rings. The minimum atomic E-state index is -0.560. The summed E-state index contributed by atoms with van der Waals surface area (Å²) in [4.78, 5) is 12.3. The Morgan fingerprint density at radius 1 is 0.750 bits per heavy atom. The topological polar surface area (TPSA) is 49.3 Å². The summed E-state index contributed by atoms with van der Waals surface area (Å²) in [6.45, 7) is 2.12. The van der Waals surface area contributed by atoms with Crippen molar-refractivity contribution in [1.82, 2.24) is 5.48 Å². The zero-order valence-electron chi connectivity index (χ0n) is 15.6. The van der Waals surface area contributed by atoms with Crippen molar-refractivity contribution < 1.29 is 10.0 Å². The van der Waals surface area contributed by atoms with E-state index in [4.69, 9.17) is 0 Å². The molecule has 138 valence electrons. The fraction of sp³-hybridized carbons (Fsp3) is 0.0800. The van der Waals surface area contributed by atoms with E-state index < -0.39 is 11.8 Å². The van der Waals surface area contributed by atoms with Crippen LogP contribution in [-0.4, -0.2) is 11.1 Å². The Labute approximate surface area is 164 Å². The molecule has 0 aliphatic heterocycles. The summed E-state index contributed by atoms with van der Waals surface area (Å²) in [5.74, 6) is -1.00. The van der Waals surface area contributed by atoms with E-state index in [2.05, 4.69) is 43.3 Å². The Morgan fingerprint density at radius 3 is 2.04 bits per heavy atom. The third kappa shape index (κ3) is 3.28. The molecule has 1 unspecified atom stereocenters. The van der Waals surface area contributed by atoms with Crippen molar-refractivity contribution >= 4 is 16.7 Å². The number of fused-ring (bicyclic) bond motifs is 1. The highest BCUT2D eigenvalue weighted by atomic mass is 16.5. The van der Waals surface area contributed by atoms with Gasteiger partial charge in [0, 0.05) is 0 Å². The molecule has 28 heavy (non-hydrogen) atoms. The van der Waals surface area contributed by atoms with Gasteiger partial charge in [-0.15, -0.1) is 0 Å². The number of hydroxylamine groups is 1. The minimum absolute atomic E-state index is 0.445. The minimum Gasteiger partial charge on any atom is -0.289 e. The number of hydrogen-bond acceptors (Lipinski definition) is 2. The molecule has 4 aromatic carbocycles. The van der Waals surface area contributed by atoms with E-state index in [-0.39, 0.29) is 0 Å². The van der Waals surface area contributed by atoms with Gasteiger partial charge in [-0.2, -0.15) is 0 Å². The summed E-state index contributed by atoms with van der Waals surface area (Å²) < 4.78 is 0. The van der Waals surface area contributed by atoms with Gasteiger partial charge in [-0.05, 0) is 45.5 Å². The number of carbonyl (C=O) groups excluding carboxylic acids is 1. The summed E-state index contributed by atoms with van der Waals surface area (Å²) in [5.41, 5.74) is 6.97. The van der Waals surface area contributed by atoms with Crippen LogP contribution in [0, 0.1) is 6.92 Å². The van der Waals surface area contributed by atoms with Crippen LogP contribution in [0.15, 0.2) is 91.0 Å². The van der Waals surface area contributed by atoms with Gasteiger partial charge in [0.25, 0.3) is 5.91 Å². The van der Waals surface area contributed by atoms with Gasteiger partial charge in [0.1, 0.15) is 0 Å². The van der Waals surface area contributed by atoms with Crippen molar-refractivity contribution in [2.75, 3.05) is 0 Å². The number of aryl methyl sites for hydroxylation is 1. The van der Waals surface area contributed by atoms with Crippen LogP contribution in [0.3, 0.4) is 0 Å². The monoisotopic (exact) mass is 367 g/mol. The number of nitrogens with one attached hydrogen (secondary N) is 1. The summed E-state index contributed by atoms with van der Waals surface area (Å²) in [6.07, 6.45) is 0. The van der Waals surface area contributed by atoms with Crippen LogP contribution in [0.25, 0.3) is 21.9 Å². The molecule has 0 saturated heterocycles. The maximum Gasteiger partial charge on any atom is 0.255 e. The van der Waals surface area contributed by atoms with Gasteiger partial charge >= 0.3 is 0 Å². The van der Waals surface area contributed by atoms with E-state index in [1.54, 1.807) is 5.48 Å². The molecule has 3 heteroatoms. The average Bonchev–Trinajstić information content (AvgIpc) is 2.76. The van der Waals surface area contributed by atoms with E-state index in [1.165, 1.54) is 16.3 Å². The van der Waals surface area contributed by atoms with Crippen LogP contribution in [0.1, 0.15) is 22.6 Å². The second-order valence-electron chi connectivity index (χ2n) is 6.92. The van der Waals surface area contributed by atoms with Crippen molar-refractivity contribution in [3.8, 4) is 11.1 Å². The highest BCUT2D eigenvalue weighted by Crippen LogP contribution is 2.32. The highest BCUT2D eigenvalue weighted by Gasteiger charge is 2.22. The number of benzene rings is 4. The van der Waals surface area contributed by atoms with Gasteiger partial charge in [0.05, 0.1) is 5.92 Å². The van der Waals surface area contributed by atoms with E-state index in [0.29, 0.717) is 0 Å². The van der Waals surface area contributed by atoms with Gasteiger partial charge in [-0.25, -0.2) is 5.48 Å². The summed E-state index contributed by atoms with van der Waals surface area (Å²) in [6, 6.07) is 30.1. The molecular weight excluding hydrogens is 346 g/mol. The standard InChI is InChI=1S/C25H21NO2/c1-17-11-16-22(23-10-6-5-9-21(17)23)18-12-14-20(15-13-18)24(25(27)26-28)19-7-3-2-4-8-19/h2-16,24,28H,1H3,(H,26,27). The van der Waals surface area contributed by atoms with Crippen LogP contribution < -0.4 is 5.48 Å². The largest absolute Gasteiger partial charge is 0.289 e. The first-order chi connectivity index (χ1) is 13.7. The van der Waals surface area contributed by atoms with Crippen molar-refractivity contribution in [2.45, 2.75) is 12.8 Å². The number of amides is 1. The van der Waals surface area contributed by atoms with Crippen LogP contribution in [0.5, 0.6) is 0 Å². The van der Waals surface area contributed by atoms with Gasteiger partial charge < -0.3 is 0 Å². The number of rotatable bonds is 4. The molecule has 0 aromatic heterocycles. The molecule has 3 nitrogen and oxygen atoms in total. The molecule has 1 atom stereocenters. The van der Waals surface area contributed by atoms with E-state index in [1.807, 2.05) is 54.6 Å². The van der Waals surface area contributed by atoms with Gasteiger partial charge in [0.2, 0.25) is 0 Å². The molecule has 0 aliphatic rings. The molecule has 0 saturated carbocycles. The Balaban J connectivity index is 1.77. The van der Waals surface area contributed by atoms with Gasteiger partial charge in [-0.1, -0.05) is 91.0 Å². The molecule has 1 amide bonds. The van der Waals surface area contributed by atoms with Crippen LogP contribution in [-0.2, 0) is 4.79 Å². The van der Waals surface area contributed by atoms with Gasteiger partial charge in [-0.3, -0.25) is 10.0 Å². The van der Waals surface area contributed by atoms with E-state index in [9.17, 15) is 10.0 Å². The zero-order chi connectivity index (χ0) is 19.5. The maximum absolute atomic E-state index is 12.3. The van der Waals surface area contributed by atoms with Crippen molar-refractivity contribution in [3.05, 3.63) is 108 Å². The molecule has 0 radical (unpaired) electrons. The maximum atomic E-state index is 12.3. The second-order valence-corrected chi connectivity index (χ2v) is 6.92. The molecular formula is C25H21NO2. The predicted molar refractivity (Wildman–Crippen MR) is 112 cm³/mol. The third-order valence-electron chi connectivity index (χ3n) is 5.20. The highest BCUT2D eigenvalue weighted by molar-refractivity contribution is 5.98. The fourth-order valence-corrected chi connectivity index (χ4v) is 3.76. The Hall–Kier alpha value is -3.43. The molecule has 0 fully saturated rings. The second kappa shape index (κ2) is 7.67. The molecule has 0 spiro atoms. The molecule has 0 bridgehead atoms. The first-order valence-corrected chi connectivity index (χ1v) is 9.26. The quantitative estimate of drug-likeness (QED) is 0.372. The Bertz CT molecular complexity index is 1120. The first kappa shape index (κ1) is 18.0. The zero-order valence-corrected chi connectivity index (χ0v) is 15.6. The third-order valence-corrected chi connectivity index (χ3v) is 5.20. The van der Waals surface area contributed by atoms with Crippen LogP contribution in [0.4, 0.5) is 0 Å². The first-order valence-electron chi connectivity index (χ1n) is 9.26. The van der Waals surface area contributed by atoms with E-state index in [0.717, 1.165) is 22.3 Å². The average molecular weight is 367 g/mol. The van der Waals surface area contributed by atoms with E-state index >= 15 is 0 Å². The van der Waals surface area contributed by atoms with Crippen molar-refractivity contribution in [3.63, 3.8) is 0 Å². The Kier molecular flexibility index (Phi) is 4.92. The summed E-state index contributed by atoms with van der Waals surface area (Å²) >= 11 is 0. The lowest BCUT2D eigenvalue weighted by Gasteiger charge is -2.17. The normalized spacial score (nSPS) is 11.9. The predicted octanol–water partition coefficient (Wildman–Crippen LogP) is 5.45. The molecule has 0 aliphatic carbocycles. The van der Waals surface area contributed by atoms with Crippen molar-refractivity contribution in [1.29, 1.82) is 0 Å². The molecule has 2 N–H and O–H groups in total. The van der Waals surface area contributed by atoms with Crippen LogP contribution >= 0.6 is 0 Å². The van der Waals surface area contributed by atoms with Gasteiger partial charge in [0.15, 0.2) is 0 Å². The smallest absolute Gasteiger partial charge is 0.255 e. The molecule has 0 heterocycles. The summed E-state index contributed by atoms with van der Waals surface area (Å²) in [7, 11) is 0. The number of carbonyl (C=O) groups is 1.